The minimum absolute atomic E-state index is 0.178. The molecule has 128 valence electrons. The van der Waals surface area contributed by atoms with E-state index in [2.05, 4.69) is 4.98 Å². The zero-order valence-corrected chi connectivity index (χ0v) is 15.0. The Morgan fingerprint density at radius 3 is 2.84 bits per heavy atom. The summed E-state index contributed by atoms with van der Waals surface area (Å²) in [7, 11) is 1.56. The lowest BCUT2D eigenvalue weighted by Gasteiger charge is -2.11. The van der Waals surface area contributed by atoms with Crippen LogP contribution in [-0.2, 0) is 11.3 Å². The number of methoxy groups -OCH3 is 1. The second-order valence-corrected chi connectivity index (χ2v) is 6.93. The van der Waals surface area contributed by atoms with Crippen molar-refractivity contribution in [2.75, 3.05) is 19.5 Å². The van der Waals surface area contributed by atoms with Gasteiger partial charge in [0.1, 0.15) is 10.6 Å². The van der Waals surface area contributed by atoms with Crippen LogP contribution in [0.4, 0.5) is 4.39 Å². The average molecular weight is 375 g/mol. The fraction of sp³-hybridized carbons (Fsp3) is 0.235. The third-order valence-electron chi connectivity index (χ3n) is 3.60. The van der Waals surface area contributed by atoms with Gasteiger partial charge >= 0.3 is 0 Å². The predicted octanol–water partition coefficient (Wildman–Crippen LogP) is 3.53. The largest absolute Gasteiger partial charge is 0.383 e. The number of thiophene rings is 1. The Morgan fingerprint density at radius 2 is 2.16 bits per heavy atom. The molecule has 0 fully saturated rings. The van der Waals surface area contributed by atoms with Crippen LogP contribution in [0.2, 0.25) is 0 Å². The summed E-state index contributed by atoms with van der Waals surface area (Å²) in [6.07, 6.45) is 0. The van der Waals surface area contributed by atoms with Gasteiger partial charge in [0.15, 0.2) is 5.16 Å². The molecule has 0 aliphatic carbocycles. The number of thioether (sulfide) groups is 1. The van der Waals surface area contributed by atoms with E-state index in [1.807, 2.05) is 11.4 Å². The topological polar surface area (TPSA) is 67.9 Å². The van der Waals surface area contributed by atoms with Gasteiger partial charge in [0.05, 0.1) is 30.4 Å². The summed E-state index contributed by atoms with van der Waals surface area (Å²) in [5.41, 5.74) is 1.32. The SMILES string of the molecule is COCCn1c(SCC#N)nc2scc(-c3ccc(F)cc3)c2c1=O. The molecule has 0 atom stereocenters. The summed E-state index contributed by atoms with van der Waals surface area (Å²) in [6.45, 7) is 0.716. The molecule has 3 rings (SSSR count). The summed E-state index contributed by atoms with van der Waals surface area (Å²) in [5.74, 6) is -0.115. The third-order valence-corrected chi connectivity index (χ3v) is 5.31. The molecule has 0 spiro atoms. The van der Waals surface area contributed by atoms with Gasteiger partial charge in [-0.1, -0.05) is 23.9 Å². The molecule has 0 amide bonds. The number of halogens is 1. The summed E-state index contributed by atoms with van der Waals surface area (Å²) >= 11 is 2.59. The number of aromatic nitrogens is 2. The number of benzene rings is 1. The Bertz CT molecular complexity index is 990. The standard InChI is InChI=1S/C17H14FN3O2S2/c1-23-8-7-21-16(22)14-13(11-2-4-12(18)5-3-11)10-25-15(14)20-17(21)24-9-6-19/h2-5,10H,7-9H2,1H3. The van der Waals surface area contributed by atoms with Gasteiger partial charge in [-0.3, -0.25) is 9.36 Å². The fourth-order valence-electron chi connectivity index (χ4n) is 2.43. The summed E-state index contributed by atoms with van der Waals surface area (Å²) in [6, 6.07) is 8.08. The van der Waals surface area contributed by atoms with E-state index in [1.165, 1.54) is 39.8 Å². The van der Waals surface area contributed by atoms with Gasteiger partial charge < -0.3 is 4.74 Å². The highest BCUT2D eigenvalue weighted by Gasteiger charge is 2.17. The molecule has 8 heteroatoms. The molecule has 3 aromatic rings. The van der Waals surface area contributed by atoms with Crippen molar-refractivity contribution in [3.63, 3.8) is 0 Å². The Hall–Kier alpha value is -2.21. The van der Waals surface area contributed by atoms with Gasteiger partial charge in [-0.2, -0.15) is 5.26 Å². The molecule has 0 N–H and O–H groups in total. The first kappa shape index (κ1) is 17.6. The van der Waals surface area contributed by atoms with Gasteiger partial charge in [0.25, 0.3) is 5.56 Å². The van der Waals surface area contributed by atoms with Crippen LogP contribution in [0.3, 0.4) is 0 Å². The highest BCUT2D eigenvalue weighted by Crippen LogP contribution is 2.32. The molecule has 0 unspecified atom stereocenters. The molecular weight excluding hydrogens is 361 g/mol. The molecule has 2 aromatic heterocycles. The summed E-state index contributed by atoms with van der Waals surface area (Å²) < 4.78 is 19.8. The van der Waals surface area contributed by atoms with E-state index in [4.69, 9.17) is 10.00 Å². The monoisotopic (exact) mass is 375 g/mol. The van der Waals surface area contributed by atoms with Crippen LogP contribution in [0.15, 0.2) is 39.6 Å². The molecule has 0 radical (unpaired) electrons. The molecule has 1 aromatic carbocycles. The predicted molar refractivity (Wildman–Crippen MR) is 97.5 cm³/mol. The van der Waals surface area contributed by atoms with E-state index >= 15 is 0 Å². The first-order valence-electron chi connectivity index (χ1n) is 7.42. The number of hydrogen-bond donors (Lipinski definition) is 0. The Labute approximate surface area is 151 Å². The Balaban J connectivity index is 2.18. The van der Waals surface area contributed by atoms with E-state index < -0.39 is 0 Å². The smallest absolute Gasteiger partial charge is 0.263 e. The number of nitriles is 1. The van der Waals surface area contributed by atoms with Gasteiger partial charge in [0.2, 0.25) is 0 Å². The van der Waals surface area contributed by atoms with Crippen LogP contribution in [0, 0.1) is 17.1 Å². The van der Waals surface area contributed by atoms with E-state index in [-0.39, 0.29) is 17.1 Å². The van der Waals surface area contributed by atoms with Crippen molar-refractivity contribution >= 4 is 33.3 Å². The summed E-state index contributed by atoms with van der Waals surface area (Å²) in [5, 5.41) is 11.7. The van der Waals surface area contributed by atoms with Crippen LogP contribution < -0.4 is 5.56 Å². The van der Waals surface area contributed by atoms with Crippen LogP contribution in [-0.4, -0.2) is 29.0 Å². The normalized spacial score (nSPS) is 10.9. The average Bonchev–Trinajstić information content (AvgIpc) is 3.04. The van der Waals surface area contributed by atoms with Gasteiger partial charge in [-0.25, -0.2) is 9.37 Å². The van der Waals surface area contributed by atoms with Crippen molar-refractivity contribution in [3.8, 4) is 17.2 Å². The van der Waals surface area contributed by atoms with Crippen LogP contribution in [0.25, 0.3) is 21.3 Å². The molecule has 0 saturated carbocycles. The lowest BCUT2D eigenvalue weighted by atomic mass is 10.1. The minimum Gasteiger partial charge on any atom is -0.383 e. The molecular formula is C17H14FN3O2S2. The molecule has 5 nitrogen and oxygen atoms in total. The molecule has 2 heterocycles. The second kappa shape index (κ2) is 7.78. The fourth-order valence-corrected chi connectivity index (χ4v) is 4.11. The highest BCUT2D eigenvalue weighted by atomic mass is 32.2. The third kappa shape index (κ3) is 3.58. The number of fused-ring (bicyclic) bond motifs is 1. The molecule has 0 aliphatic rings. The van der Waals surface area contributed by atoms with Gasteiger partial charge in [-0.05, 0) is 17.7 Å². The van der Waals surface area contributed by atoms with E-state index in [9.17, 15) is 9.18 Å². The maximum atomic E-state index is 13.2. The Morgan fingerprint density at radius 1 is 1.40 bits per heavy atom. The van der Waals surface area contributed by atoms with Crippen molar-refractivity contribution in [2.24, 2.45) is 0 Å². The second-order valence-electron chi connectivity index (χ2n) is 5.13. The first-order chi connectivity index (χ1) is 12.2. The maximum Gasteiger partial charge on any atom is 0.263 e. The lowest BCUT2D eigenvalue weighted by molar-refractivity contribution is 0.183. The van der Waals surface area contributed by atoms with Gasteiger partial charge in [0, 0.05) is 18.1 Å². The van der Waals surface area contributed by atoms with E-state index in [0.717, 1.165) is 11.1 Å². The number of nitrogens with zero attached hydrogens (tertiary/aromatic N) is 3. The summed E-state index contributed by atoms with van der Waals surface area (Å²) in [4.78, 5) is 18.2. The lowest BCUT2D eigenvalue weighted by Crippen LogP contribution is -2.25. The van der Waals surface area contributed by atoms with E-state index in [1.54, 1.807) is 19.2 Å². The van der Waals surface area contributed by atoms with Crippen LogP contribution in [0.1, 0.15) is 0 Å². The quantitative estimate of drug-likeness (QED) is 0.487. The minimum atomic E-state index is -0.325. The van der Waals surface area contributed by atoms with Crippen LogP contribution >= 0.6 is 23.1 Å². The van der Waals surface area contributed by atoms with Crippen molar-refractivity contribution < 1.29 is 9.13 Å². The molecule has 0 aliphatic heterocycles. The highest BCUT2D eigenvalue weighted by molar-refractivity contribution is 7.99. The molecule has 0 saturated heterocycles. The zero-order valence-electron chi connectivity index (χ0n) is 13.4. The first-order valence-corrected chi connectivity index (χ1v) is 9.29. The number of rotatable bonds is 6. The zero-order chi connectivity index (χ0) is 17.8. The van der Waals surface area contributed by atoms with Crippen molar-refractivity contribution in [1.29, 1.82) is 5.26 Å². The van der Waals surface area contributed by atoms with Crippen molar-refractivity contribution in [1.82, 2.24) is 9.55 Å². The number of ether oxygens (including phenoxy) is 1. The number of hydrogen-bond acceptors (Lipinski definition) is 6. The maximum absolute atomic E-state index is 13.2. The molecule has 0 bridgehead atoms. The van der Waals surface area contributed by atoms with Gasteiger partial charge in [-0.15, -0.1) is 11.3 Å². The van der Waals surface area contributed by atoms with Crippen LogP contribution in [0.5, 0.6) is 0 Å². The van der Waals surface area contributed by atoms with Crippen molar-refractivity contribution in [2.45, 2.75) is 11.7 Å². The van der Waals surface area contributed by atoms with Crippen molar-refractivity contribution in [3.05, 3.63) is 45.8 Å². The Kier molecular flexibility index (Phi) is 5.48. The molecule has 25 heavy (non-hydrogen) atoms. The van der Waals surface area contributed by atoms with E-state index in [0.29, 0.717) is 28.5 Å².